The molecule has 3 rings (SSSR count). The quantitative estimate of drug-likeness (QED) is 0.864. The average molecular weight is 291 g/mol. The number of carbonyl (C=O) groups excluding carboxylic acids is 1. The second-order valence-corrected chi connectivity index (χ2v) is 4.51. The monoisotopic (exact) mass is 290 g/mol. The van der Waals surface area contributed by atoms with Crippen molar-refractivity contribution in [1.29, 1.82) is 0 Å². The Morgan fingerprint density at radius 2 is 2.00 bits per heavy atom. The number of amides is 1. The van der Waals surface area contributed by atoms with Crippen LogP contribution in [0, 0.1) is 0 Å². The molecule has 6 heteroatoms. The first-order valence-corrected chi connectivity index (χ1v) is 6.43. The molecule has 0 aliphatic carbocycles. The number of hydrogen-bond donors (Lipinski definition) is 1. The number of halogens is 1. The summed E-state index contributed by atoms with van der Waals surface area (Å²) in [5, 5.41) is 2.95. The van der Waals surface area contributed by atoms with E-state index in [1.165, 1.54) is 0 Å². The number of pyridine rings is 1. The van der Waals surface area contributed by atoms with Crippen LogP contribution in [-0.4, -0.2) is 24.1 Å². The highest BCUT2D eigenvalue weighted by atomic mass is 35.5. The molecule has 2 aromatic rings. The third-order valence-electron chi connectivity index (χ3n) is 2.81. The van der Waals surface area contributed by atoms with Crippen LogP contribution in [0.15, 0.2) is 36.5 Å². The van der Waals surface area contributed by atoms with Crippen molar-refractivity contribution < 1.29 is 14.3 Å². The van der Waals surface area contributed by atoms with Crippen LogP contribution in [0.3, 0.4) is 0 Å². The van der Waals surface area contributed by atoms with Crippen LogP contribution in [0.1, 0.15) is 10.4 Å². The molecular formula is C14H11ClN2O3. The molecule has 0 radical (unpaired) electrons. The molecule has 5 nitrogen and oxygen atoms in total. The van der Waals surface area contributed by atoms with Gasteiger partial charge in [-0.25, -0.2) is 4.98 Å². The van der Waals surface area contributed by atoms with Gasteiger partial charge in [0.2, 0.25) is 0 Å². The van der Waals surface area contributed by atoms with Crippen molar-refractivity contribution in [3.63, 3.8) is 0 Å². The summed E-state index contributed by atoms with van der Waals surface area (Å²) in [6.45, 7) is 0.996. The maximum Gasteiger partial charge on any atom is 0.255 e. The van der Waals surface area contributed by atoms with E-state index in [2.05, 4.69) is 10.3 Å². The molecule has 0 atom stereocenters. The fourth-order valence-corrected chi connectivity index (χ4v) is 2.02. The predicted molar refractivity (Wildman–Crippen MR) is 74.6 cm³/mol. The average Bonchev–Trinajstić information content (AvgIpc) is 2.49. The van der Waals surface area contributed by atoms with Gasteiger partial charge in [0, 0.05) is 11.8 Å². The fraction of sp³-hybridized carbons (Fsp3) is 0.143. The van der Waals surface area contributed by atoms with E-state index in [0.717, 1.165) is 0 Å². The number of nitrogens with zero attached hydrogens (tertiary/aromatic N) is 1. The molecule has 102 valence electrons. The van der Waals surface area contributed by atoms with Gasteiger partial charge in [-0.1, -0.05) is 11.6 Å². The third-order valence-corrected chi connectivity index (χ3v) is 3.11. The summed E-state index contributed by atoms with van der Waals surface area (Å²) in [5.74, 6) is 0.935. The molecule has 1 aromatic heterocycles. The maximum atomic E-state index is 12.2. The lowest BCUT2D eigenvalue weighted by Crippen LogP contribution is -2.17. The fourth-order valence-electron chi connectivity index (χ4n) is 1.86. The largest absolute Gasteiger partial charge is 0.486 e. The molecule has 0 fully saturated rings. The highest BCUT2D eigenvalue weighted by Crippen LogP contribution is 2.31. The predicted octanol–water partition coefficient (Wildman–Crippen LogP) is 2.76. The number of ether oxygens (including phenoxy) is 2. The molecule has 2 heterocycles. The second-order valence-electron chi connectivity index (χ2n) is 4.15. The molecule has 0 unspecified atom stereocenters. The number of rotatable bonds is 2. The van der Waals surface area contributed by atoms with E-state index >= 15 is 0 Å². The lowest BCUT2D eigenvalue weighted by atomic mass is 10.2. The van der Waals surface area contributed by atoms with E-state index in [1.54, 1.807) is 36.5 Å². The van der Waals surface area contributed by atoms with Gasteiger partial charge in [0.25, 0.3) is 5.91 Å². The van der Waals surface area contributed by atoms with Gasteiger partial charge in [-0.15, -0.1) is 0 Å². The van der Waals surface area contributed by atoms with Gasteiger partial charge in [-0.05, 0) is 30.3 Å². The van der Waals surface area contributed by atoms with Crippen LogP contribution in [-0.2, 0) is 0 Å². The minimum Gasteiger partial charge on any atom is -0.486 e. The smallest absolute Gasteiger partial charge is 0.255 e. The number of anilines is 1. The van der Waals surface area contributed by atoms with Crippen molar-refractivity contribution in [2.45, 2.75) is 0 Å². The number of nitrogens with one attached hydrogen (secondary N) is 1. The van der Waals surface area contributed by atoms with E-state index in [-0.39, 0.29) is 11.1 Å². The van der Waals surface area contributed by atoms with Crippen molar-refractivity contribution in [3.8, 4) is 11.5 Å². The lowest BCUT2D eigenvalue weighted by Gasteiger charge is -2.18. The number of aromatic nitrogens is 1. The lowest BCUT2D eigenvalue weighted by molar-refractivity contribution is 0.102. The Morgan fingerprint density at radius 3 is 2.80 bits per heavy atom. The standard InChI is InChI=1S/C14H11ClN2O3/c15-13-10(2-1-5-16-13)17-14(18)9-3-4-11-12(8-9)20-7-6-19-11/h1-5,8H,6-7H2,(H,17,18). The zero-order valence-corrected chi connectivity index (χ0v) is 11.2. The van der Waals surface area contributed by atoms with E-state index in [4.69, 9.17) is 21.1 Å². The Kier molecular flexibility index (Phi) is 3.43. The van der Waals surface area contributed by atoms with Crippen molar-refractivity contribution in [3.05, 3.63) is 47.2 Å². The molecule has 0 spiro atoms. The van der Waals surface area contributed by atoms with Gasteiger partial charge >= 0.3 is 0 Å². The van der Waals surface area contributed by atoms with Crippen LogP contribution >= 0.6 is 11.6 Å². The number of hydrogen-bond acceptors (Lipinski definition) is 4. The summed E-state index contributed by atoms with van der Waals surface area (Å²) in [6, 6.07) is 8.42. The number of carbonyl (C=O) groups is 1. The second kappa shape index (κ2) is 5.38. The molecule has 0 bridgehead atoms. The highest BCUT2D eigenvalue weighted by Gasteiger charge is 2.15. The zero-order valence-electron chi connectivity index (χ0n) is 10.4. The van der Waals surface area contributed by atoms with E-state index in [9.17, 15) is 4.79 Å². The van der Waals surface area contributed by atoms with Crippen LogP contribution in [0.5, 0.6) is 11.5 Å². The SMILES string of the molecule is O=C(Nc1cccnc1Cl)c1ccc2c(c1)OCCO2. The van der Waals surface area contributed by atoms with Crippen LogP contribution in [0.25, 0.3) is 0 Å². The van der Waals surface area contributed by atoms with Crippen molar-refractivity contribution >= 4 is 23.2 Å². The molecule has 1 N–H and O–H groups in total. The summed E-state index contributed by atoms with van der Waals surface area (Å²) >= 11 is 5.90. The minimum absolute atomic E-state index is 0.249. The van der Waals surface area contributed by atoms with Gasteiger partial charge in [-0.2, -0.15) is 0 Å². The molecule has 0 saturated heterocycles. The molecular weight excluding hydrogens is 280 g/mol. The summed E-state index contributed by atoms with van der Waals surface area (Å²) in [4.78, 5) is 16.1. The van der Waals surface area contributed by atoms with E-state index in [1.807, 2.05) is 0 Å². The minimum atomic E-state index is -0.281. The van der Waals surface area contributed by atoms with Crippen molar-refractivity contribution in [2.24, 2.45) is 0 Å². The Balaban J connectivity index is 1.82. The number of fused-ring (bicyclic) bond motifs is 1. The number of benzene rings is 1. The topological polar surface area (TPSA) is 60.5 Å². The first kappa shape index (κ1) is 12.7. The van der Waals surface area contributed by atoms with Crippen LogP contribution in [0.2, 0.25) is 5.15 Å². The van der Waals surface area contributed by atoms with E-state index in [0.29, 0.717) is 36.0 Å². The van der Waals surface area contributed by atoms with Gasteiger partial charge in [0.05, 0.1) is 5.69 Å². The van der Waals surface area contributed by atoms with Gasteiger partial charge in [0.1, 0.15) is 13.2 Å². The molecule has 1 aliphatic heterocycles. The van der Waals surface area contributed by atoms with Crippen molar-refractivity contribution in [1.82, 2.24) is 4.98 Å². The molecule has 0 saturated carbocycles. The Hall–Kier alpha value is -2.27. The van der Waals surface area contributed by atoms with Crippen LogP contribution in [0.4, 0.5) is 5.69 Å². The normalized spacial score (nSPS) is 12.8. The summed E-state index contributed by atoms with van der Waals surface area (Å²) in [7, 11) is 0. The summed E-state index contributed by atoms with van der Waals surface area (Å²) in [6.07, 6.45) is 1.56. The Labute approximate surface area is 120 Å². The van der Waals surface area contributed by atoms with Gasteiger partial charge in [0.15, 0.2) is 16.7 Å². The van der Waals surface area contributed by atoms with Crippen LogP contribution < -0.4 is 14.8 Å². The first-order chi connectivity index (χ1) is 9.74. The molecule has 20 heavy (non-hydrogen) atoms. The molecule has 1 aliphatic rings. The summed E-state index contributed by atoms with van der Waals surface area (Å²) in [5.41, 5.74) is 0.934. The van der Waals surface area contributed by atoms with Crippen molar-refractivity contribution in [2.75, 3.05) is 18.5 Å². The maximum absolute atomic E-state index is 12.2. The summed E-state index contributed by atoms with van der Waals surface area (Å²) < 4.78 is 10.9. The molecule has 1 aromatic carbocycles. The van der Waals surface area contributed by atoms with Gasteiger partial charge in [-0.3, -0.25) is 4.79 Å². The van der Waals surface area contributed by atoms with E-state index < -0.39 is 0 Å². The first-order valence-electron chi connectivity index (χ1n) is 6.05. The molecule has 1 amide bonds. The zero-order chi connectivity index (χ0) is 13.9. The Bertz CT molecular complexity index is 661. The van der Waals surface area contributed by atoms with Gasteiger partial charge < -0.3 is 14.8 Å². The highest BCUT2D eigenvalue weighted by molar-refractivity contribution is 6.32. The third kappa shape index (κ3) is 2.53. The Morgan fingerprint density at radius 1 is 1.20 bits per heavy atom.